The second kappa shape index (κ2) is 5.70. The molecule has 0 N–H and O–H groups in total. The minimum Gasteiger partial charge on any atom is -0.289 e. The molecular weight excluding hydrogens is 244 g/mol. The summed E-state index contributed by atoms with van der Waals surface area (Å²) in [5.74, 6) is 0.290. The molecule has 20 heavy (non-hydrogen) atoms. The van der Waals surface area contributed by atoms with E-state index in [1.807, 2.05) is 60.7 Å². The van der Waals surface area contributed by atoms with Gasteiger partial charge in [-0.2, -0.15) is 0 Å². The van der Waals surface area contributed by atoms with Gasteiger partial charge in [-0.15, -0.1) is 0 Å². The Hall–Kier alpha value is -2.41. The molecule has 1 heteroatoms. The van der Waals surface area contributed by atoms with E-state index in [1.165, 1.54) is 5.56 Å². The minimum atomic E-state index is 0.129. The molecule has 1 unspecified atom stereocenters. The van der Waals surface area contributed by atoms with Crippen molar-refractivity contribution in [1.82, 2.24) is 0 Å². The molecule has 0 saturated heterocycles. The van der Waals surface area contributed by atoms with Gasteiger partial charge in [0.2, 0.25) is 0 Å². The number of allylic oxidation sites excluding steroid dienone is 4. The number of ketones is 1. The van der Waals surface area contributed by atoms with Gasteiger partial charge < -0.3 is 0 Å². The molecule has 0 saturated carbocycles. The van der Waals surface area contributed by atoms with Gasteiger partial charge in [-0.05, 0) is 12.0 Å². The van der Waals surface area contributed by atoms with E-state index in [0.717, 1.165) is 17.6 Å². The third-order valence-electron chi connectivity index (χ3n) is 3.66. The molecule has 3 rings (SSSR count). The summed E-state index contributed by atoms with van der Waals surface area (Å²) in [6, 6.07) is 19.7. The fourth-order valence-electron chi connectivity index (χ4n) is 2.62. The van der Waals surface area contributed by atoms with E-state index in [-0.39, 0.29) is 11.7 Å². The first-order valence-electron chi connectivity index (χ1n) is 6.87. The van der Waals surface area contributed by atoms with Crippen molar-refractivity contribution in [2.24, 2.45) is 0 Å². The first-order chi connectivity index (χ1) is 9.86. The van der Waals surface area contributed by atoms with Gasteiger partial charge in [0.1, 0.15) is 0 Å². The van der Waals surface area contributed by atoms with E-state index in [9.17, 15) is 4.79 Å². The van der Waals surface area contributed by atoms with Crippen LogP contribution in [0.4, 0.5) is 0 Å². The highest BCUT2D eigenvalue weighted by molar-refractivity contribution is 6.10. The predicted octanol–water partition coefficient (Wildman–Crippen LogP) is 4.54. The Kier molecular flexibility index (Phi) is 3.60. The summed E-state index contributed by atoms with van der Waals surface area (Å²) in [4.78, 5) is 12.7. The number of carbonyl (C=O) groups is 1. The number of carbonyl (C=O) groups excluding carboxylic acids is 1. The molecule has 0 amide bonds. The molecular formula is C19H16O. The fourth-order valence-corrected chi connectivity index (χ4v) is 2.62. The van der Waals surface area contributed by atoms with E-state index in [2.05, 4.69) is 18.2 Å². The van der Waals surface area contributed by atoms with Crippen LogP contribution in [0, 0.1) is 0 Å². The van der Waals surface area contributed by atoms with Crippen LogP contribution in [0.15, 0.2) is 84.5 Å². The van der Waals surface area contributed by atoms with E-state index < -0.39 is 0 Å². The Morgan fingerprint density at radius 2 is 1.55 bits per heavy atom. The van der Waals surface area contributed by atoms with Gasteiger partial charge in [-0.25, -0.2) is 0 Å². The van der Waals surface area contributed by atoms with Crippen LogP contribution in [0.5, 0.6) is 0 Å². The van der Waals surface area contributed by atoms with Gasteiger partial charge >= 0.3 is 0 Å². The third-order valence-corrected chi connectivity index (χ3v) is 3.66. The first kappa shape index (κ1) is 12.6. The van der Waals surface area contributed by atoms with Gasteiger partial charge in [-0.1, -0.05) is 78.9 Å². The third kappa shape index (κ3) is 2.48. The van der Waals surface area contributed by atoms with Gasteiger partial charge in [0.25, 0.3) is 0 Å². The van der Waals surface area contributed by atoms with Crippen molar-refractivity contribution < 1.29 is 4.79 Å². The summed E-state index contributed by atoms with van der Waals surface area (Å²) >= 11 is 0. The Morgan fingerprint density at radius 1 is 0.900 bits per heavy atom. The van der Waals surface area contributed by atoms with Gasteiger partial charge in [0, 0.05) is 17.1 Å². The van der Waals surface area contributed by atoms with Crippen LogP contribution in [0.3, 0.4) is 0 Å². The predicted molar refractivity (Wildman–Crippen MR) is 81.8 cm³/mol. The molecule has 0 aliphatic heterocycles. The lowest BCUT2D eigenvalue weighted by Crippen LogP contribution is -2.13. The average molecular weight is 260 g/mol. The molecule has 2 aromatic rings. The zero-order chi connectivity index (χ0) is 13.8. The lowest BCUT2D eigenvalue weighted by Gasteiger charge is -2.21. The van der Waals surface area contributed by atoms with Crippen LogP contribution in [-0.4, -0.2) is 5.78 Å². The number of rotatable bonds is 3. The SMILES string of the molecule is O=C(C1=CC=CCC1c1ccccc1)c1ccccc1. The van der Waals surface area contributed by atoms with E-state index in [1.54, 1.807) is 0 Å². The summed E-state index contributed by atoms with van der Waals surface area (Å²) in [6.45, 7) is 0. The lowest BCUT2D eigenvalue weighted by molar-refractivity contribution is 0.102. The molecule has 0 radical (unpaired) electrons. The number of Topliss-reactive ketones (excluding diaryl/α,β-unsaturated/α-hetero) is 1. The summed E-state index contributed by atoms with van der Waals surface area (Å²) in [7, 11) is 0. The van der Waals surface area contributed by atoms with E-state index >= 15 is 0 Å². The summed E-state index contributed by atoms with van der Waals surface area (Å²) < 4.78 is 0. The largest absolute Gasteiger partial charge is 0.289 e. The maximum Gasteiger partial charge on any atom is 0.189 e. The molecule has 1 aliphatic carbocycles. The molecule has 0 aromatic heterocycles. The topological polar surface area (TPSA) is 17.1 Å². The minimum absolute atomic E-state index is 0.129. The van der Waals surface area contributed by atoms with Crippen LogP contribution in [-0.2, 0) is 0 Å². The molecule has 1 nitrogen and oxygen atoms in total. The summed E-state index contributed by atoms with van der Waals surface area (Å²) in [6.07, 6.45) is 6.94. The molecule has 2 aromatic carbocycles. The maximum atomic E-state index is 12.7. The number of benzene rings is 2. The van der Waals surface area contributed by atoms with Crippen LogP contribution in [0.25, 0.3) is 0 Å². The molecule has 0 bridgehead atoms. The fraction of sp³-hybridized carbons (Fsp3) is 0.105. The number of hydrogen-bond donors (Lipinski definition) is 0. The molecule has 1 aliphatic rings. The van der Waals surface area contributed by atoms with Crippen molar-refractivity contribution in [2.45, 2.75) is 12.3 Å². The van der Waals surface area contributed by atoms with Crippen molar-refractivity contribution in [3.8, 4) is 0 Å². The highest BCUT2D eigenvalue weighted by Crippen LogP contribution is 2.33. The highest BCUT2D eigenvalue weighted by atomic mass is 16.1. The van der Waals surface area contributed by atoms with Crippen molar-refractivity contribution in [1.29, 1.82) is 0 Å². The van der Waals surface area contributed by atoms with Crippen LogP contribution < -0.4 is 0 Å². The Labute approximate surface area is 119 Å². The Balaban J connectivity index is 1.96. The highest BCUT2D eigenvalue weighted by Gasteiger charge is 2.23. The standard InChI is InChI=1S/C19H16O/c20-19(16-11-5-2-6-12-16)18-14-8-7-13-17(18)15-9-3-1-4-10-15/h1-12,14,17H,13H2. The average Bonchev–Trinajstić information content (AvgIpc) is 2.56. The van der Waals surface area contributed by atoms with Crippen molar-refractivity contribution in [3.05, 3.63) is 95.6 Å². The summed E-state index contributed by atoms with van der Waals surface area (Å²) in [5.41, 5.74) is 2.84. The van der Waals surface area contributed by atoms with Crippen LogP contribution in [0.2, 0.25) is 0 Å². The normalized spacial score (nSPS) is 17.6. The zero-order valence-electron chi connectivity index (χ0n) is 11.2. The van der Waals surface area contributed by atoms with Gasteiger partial charge in [-0.3, -0.25) is 4.79 Å². The molecule has 1 atom stereocenters. The Bertz CT molecular complexity index is 651. The quantitative estimate of drug-likeness (QED) is 0.740. The second-order valence-corrected chi connectivity index (χ2v) is 4.94. The molecule has 0 spiro atoms. The van der Waals surface area contributed by atoms with Gasteiger partial charge in [0.05, 0.1) is 0 Å². The maximum absolute atomic E-state index is 12.7. The van der Waals surface area contributed by atoms with E-state index in [4.69, 9.17) is 0 Å². The first-order valence-corrected chi connectivity index (χ1v) is 6.87. The van der Waals surface area contributed by atoms with E-state index in [0.29, 0.717) is 0 Å². The number of hydrogen-bond acceptors (Lipinski definition) is 1. The molecule has 0 heterocycles. The van der Waals surface area contributed by atoms with Crippen molar-refractivity contribution >= 4 is 5.78 Å². The van der Waals surface area contributed by atoms with Gasteiger partial charge in [0.15, 0.2) is 5.78 Å². The van der Waals surface area contributed by atoms with Crippen molar-refractivity contribution in [2.75, 3.05) is 0 Å². The van der Waals surface area contributed by atoms with Crippen molar-refractivity contribution in [3.63, 3.8) is 0 Å². The van der Waals surface area contributed by atoms with Crippen LogP contribution >= 0.6 is 0 Å². The lowest BCUT2D eigenvalue weighted by atomic mass is 9.82. The second-order valence-electron chi connectivity index (χ2n) is 4.94. The zero-order valence-corrected chi connectivity index (χ0v) is 11.2. The van der Waals surface area contributed by atoms with Crippen LogP contribution in [0.1, 0.15) is 28.3 Å². The molecule has 98 valence electrons. The monoisotopic (exact) mass is 260 g/mol. The smallest absolute Gasteiger partial charge is 0.189 e. The molecule has 0 fully saturated rings. The summed E-state index contributed by atoms with van der Waals surface area (Å²) in [5, 5.41) is 0. The Morgan fingerprint density at radius 3 is 2.25 bits per heavy atom.